The number of aliphatic hydroxyl groups is 1. The highest BCUT2D eigenvalue weighted by molar-refractivity contribution is 5.06. The van der Waals surface area contributed by atoms with Crippen LogP contribution < -0.4 is 0 Å². The van der Waals surface area contributed by atoms with Crippen molar-refractivity contribution in [2.24, 2.45) is 5.92 Å². The fraction of sp³-hybridized carbons (Fsp3) is 0.824. The van der Waals surface area contributed by atoms with Crippen LogP contribution in [0.25, 0.3) is 0 Å². The van der Waals surface area contributed by atoms with E-state index in [1.54, 1.807) is 0 Å². The molecule has 2 aliphatic heterocycles. The van der Waals surface area contributed by atoms with E-state index >= 15 is 0 Å². The van der Waals surface area contributed by atoms with Gasteiger partial charge in [0.15, 0.2) is 0 Å². The Kier molecular flexibility index (Phi) is 4.57. The first kappa shape index (κ1) is 16.0. The molecule has 2 aliphatic rings. The molecule has 0 saturated carbocycles. The molecule has 124 valence electrons. The fourth-order valence-corrected chi connectivity index (χ4v) is 3.86. The van der Waals surface area contributed by atoms with Crippen molar-refractivity contribution in [3.8, 4) is 0 Å². The van der Waals surface area contributed by atoms with Crippen LogP contribution in [0, 0.1) is 5.92 Å². The molecule has 0 radical (unpaired) electrons. The average Bonchev–Trinajstić information content (AvgIpc) is 3.08. The van der Waals surface area contributed by atoms with Gasteiger partial charge in [-0.2, -0.15) is 5.10 Å². The van der Waals surface area contributed by atoms with Crippen LogP contribution in [0.2, 0.25) is 0 Å². The molecule has 3 heterocycles. The van der Waals surface area contributed by atoms with Crippen molar-refractivity contribution in [3.63, 3.8) is 0 Å². The molecule has 0 aliphatic carbocycles. The topological polar surface area (TPSA) is 50.5 Å². The Morgan fingerprint density at radius 1 is 1.50 bits per heavy atom. The summed E-state index contributed by atoms with van der Waals surface area (Å²) in [5, 5.41) is 15.2. The number of rotatable bonds is 4. The maximum absolute atomic E-state index is 10.7. The van der Waals surface area contributed by atoms with E-state index in [0.29, 0.717) is 25.3 Å². The van der Waals surface area contributed by atoms with Crippen molar-refractivity contribution in [2.45, 2.75) is 64.3 Å². The van der Waals surface area contributed by atoms with E-state index < -0.39 is 5.60 Å². The van der Waals surface area contributed by atoms with E-state index in [9.17, 15) is 5.11 Å². The number of likely N-dealkylation sites (tertiary alicyclic amines) is 1. The Balaban J connectivity index is 1.69. The van der Waals surface area contributed by atoms with Crippen LogP contribution >= 0.6 is 0 Å². The van der Waals surface area contributed by atoms with Crippen LogP contribution in [-0.2, 0) is 11.3 Å². The highest BCUT2D eigenvalue weighted by Gasteiger charge is 2.43. The molecule has 5 nitrogen and oxygen atoms in total. The third-order valence-electron chi connectivity index (χ3n) is 5.30. The monoisotopic (exact) mass is 307 g/mol. The van der Waals surface area contributed by atoms with Gasteiger partial charge in [0.05, 0.1) is 18.4 Å². The number of ether oxygens (including phenoxy) is 1. The Bertz CT molecular complexity index is 498. The summed E-state index contributed by atoms with van der Waals surface area (Å²) in [7, 11) is 0. The molecule has 2 saturated heterocycles. The second-order valence-corrected chi connectivity index (χ2v) is 7.39. The minimum atomic E-state index is -0.604. The Morgan fingerprint density at radius 2 is 2.32 bits per heavy atom. The molecular formula is C17H29N3O2. The molecule has 0 unspecified atom stereocenters. The van der Waals surface area contributed by atoms with Gasteiger partial charge in [0.25, 0.3) is 0 Å². The van der Waals surface area contributed by atoms with Crippen LogP contribution in [0.5, 0.6) is 0 Å². The zero-order chi connectivity index (χ0) is 15.7. The molecular weight excluding hydrogens is 278 g/mol. The lowest BCUT2D eigenvalue weighted by atomic mass is 9.79. The summed E-state index contributed by atoms with van der Waals surface area (Å²) >= 11 is 0. The molecule has 5 heteroatoms. The second-order valence-electron chi connectivity index (χ2n) is 7.39. The van der Waals surface area contributed by atoms with Crippen molar-refractivity contribution >= 4 is 0 Å². The van der Waals surface area contributed by atoms with Gasteiger partial charge in [0, 0.05) is 42.9 Å². The summed E-state index contributed by atoms with van der Waals surface area (Å²) in [4.78, 5) is 2.51. The molecule has 1 aromatic heterocycles. The Labute approximate surface area is 133 Å². The largest absolute Gasteiger partial charge is 0.390 e. The van der Waals surface area contributed by atoms with Gasteiger partial charge in [-0.1, -0.05) is 0 Å². The van der Waals surface area contributed by atoms with Crippen molar-refractivity contribution in [1.29, 1.82) is 0 Å². The van der Waals surface area contributed by atoms with Crippen molar-refractivity contribution in [1.82, 2.24) is 14.7 Å². The van der Waals surface area contributed by atoms with Gasteiger partial charge in [-0.05, 0) is 46.6 Å². The van der Waals surface area contributed by atoms with Gasteiger partial charge in [0.1, 0.15) is 0 Å². The first-order chi connectivity index (χ1) is 10.5. The third kappa shape index (κ3) is 3.21. The number of hydrogen-bond acceptors (Lipinski definition) is 4. The summed E-state index contributed by atoms with van der Waals surface area (Å²) in [5.74, 6) is 0.212. The van der Waals surface area contributed by atoms with E-state index in [0.717, 1.165) is 25.9 Å². The molecule has 0 bridgehead atoms. The van der Waals surface area contributed by atoms with Crippen LogP contribution in [0.15, 0.2) is 12.4 Å². The lowest BCUT2D eigenvalue weighted by Crippen LogP contribution is -2.52. The first-order valence-corrected chi connectivity index (χ1v) is 8.54. The smallest absolute Gasteiger partial charge is 0.0706 e. The van der Waals surface area contributed by atoms with Gasteiger partial charge >= 0.3 is 0 Å². The van der Waals surface area contributed by atoms with Crippen molar-refractivity contribution in [3.05, 3.63) is 18.0 Å². The number of aromatic nitrogens is 2. The average molecular weight is 307 g/mol. The summed E-state index contributed by atoms with van der Waals surface area (Å²) < 4.78 is 7.68. The normalized spacial score (nSPS) is 33.7. The molecule has 3 atom stereocenters. The summed E-state index contributed by atoms with van der Waals surface area (Å²) in [6.07, 6.45) is 7.23. The molecule has 1 aromatic rings. The van der Waals surface area contributed by atoms with E-state index in [1.165, 1.54) is 12.0 Å². The van der Waals surface area contributed by atoms with Crippen LogP contribution in [0.1, 0.15) is 51.6 Å². The van der Waals surface area contributed by atoms with Gasteiger partial charge in [-0.3, -0.25) is 9.58 Å². The number of hydrogen-bond donors (Lipinski definition) is 1. The van der Waals surface area contributed by atoms with Gasteiger partial charge < -0.3 is 9.84 Å². The lowest BCUT2D eigenvalue weighted by Gasteiger charge is -2.43. The van der Waals surface area contributed by atoms with E-state index in [1.807, 2.05) is 17.8 Å². The predicted molar refractivity (Wildman–Crippen MR) is 85.6 cm³/mol. The quantitative estimate of drug-likeness (QED) is 0.926. The van der Waals surface area contributed by atoms with Crippen molar-refractivity contribution < 1.29 is 9.84 Å². The minimum absolute atomic E-state index is 0.212. The van der Waals surface area contributed by atoms with Gasteiger partial charge in [-0.15, -0.1) is 0 Å². The highest BCUT2D eigenvalue weighted by Crippen LogP contribution is 2.36. The maximum Gasteiger partial charge on any atom is 0.0706 e. The fourth-order valence-electron chi connectivity index (χ4n) is 3.86. The maximum atomic E-state index is 10.7. The van der Waals surface area contributed by atoms with Crippen LogP contribution in [0.4, 0.5) is 0 Å². The third-order valence-corrected chi connectivity index (χ3v) is 5.30. The van der Waals surface area contributed by atoms with E-state index in [-0.39, 0.29) is 5.92 Å². The summed E-state index contributed by atoms with van der Waals surface area (Å²) in [5.41, 5.74) is 0.658. The summed E-state index contributed by atoms with van der Waals surface area (Å²) in [6.45, 7) is 9.65. The molecule has 1 N–H and O–H groups in total. The van der Waals surface area contributed by atoms with E-state index in [2.05, 4.69) is 30.0 Å². The Hall–Kier alpha value is -0.910. The standard InChI is InChI=1S/C17H29N3O2/c1-13(2)20-11-14(9-18-20)10-19-7-4-5-16(19)15-12-22-8-6-17(15,3)21/h9,11,13,15-16,21H,4-8,10,12H2,1-3H3/t15-,16+,17-/m0/s1. The van der Waals surface area contributed by atoms with Crippen LogP contribution in [-0.4, -0.2) is 51.2 Å². The second kappa shape index (κ2) is 6.30. The summed E-state index contributed by atoms with van der Waals surface area (Å²) in [6, 6.07) is 0.813. The first-order valence-electron chi connectivity index (χ1n) is 8.54. The van der Waals surface area contributed by atoms with Gasteiger partial charge in [0.2, 0.25) is 0 Å². The molecule has 22 heavy (non-hydrogen) atoms. The predicted octanol–water partition coefficient (Wildman–Crippen LogP) is 2.22. The SMILES string of the molecule is CC(C)n1cc(CN2CCC[C@@H]2[C@@H]2COCC[C@]2(C)O)cn1. The number of nitrogens with zero attached hydrogens (tertiary/aromatic N) is 3. The lowest BCUT2D eigenvalue weighted by molar-refractivity contribution is -0.123. The molecule has 0 amide bonds. The highest BCUT2D eigenvalue weighted by atomic mass is 16.5. The minimum Gasteiger partial charge on any atom is -0.390 e. The van der Waals surface area contributed by atoms with E-state index in [4.69, 9.17) is 4.74 Å². The molecule has 0 aromatic carbocycles. The van der Waals surface area contributed by atoms with Crippen LogP contribution in [0.3, 0.4) is 0 Å². The zero-order valence-electron chi connectivity index (χ0n) is 14.0. The molecule has 2 fully saturated rings. The van der Waals surface area contributed by atoms with Crippen molar-refractivity contribution in [2.75, 3.05) is 19.8 Å². The molecule has 3 rings (SSSR count). The molecule has 0 spiro atoms. The van der Waals surface area contributed by atoms with Gasteiger partial charge in [-0.25, -0.2) is 0 Å². The Morgan fingerprint density at radius 3 is 3.00 bits per heavy atom. The zero-order valence-corrected chi connectivity index (χ0v) is 14.0.